The van der Waals surface area contributed by atoms with Gasteiger partial charge in [-0.05, 0) is 36.0 Å². The molecular formula is C11H10N4OS. The Morgan fingerprint density at radius 2 is 2.06 bits per heavy atom. The molecule has 0 saturated carbocycles. The monoisotopic (exact) mass is 246 g/mol. The van der Waals surface area contributed by atoms with E-state index < -0.39 is 5.91 Å². The SMILES string of the molecule is NC(=O)c1ccc(N)c(Sc2ccccn2)n1. The van der Waals surface area contributed by atoms with E-state index in [2.05, 4.69) is 9.97 Å². The van der Waals surface area contributed by atoms with Gasteiger partial charge in [0, 0.05) is 6.20 Å². The number of amides is 1. The van der Waals surface area contributed by atoms with Gasteiger partial charge in [-0.15, -0.1) is 0 Å². The molecule has 2 aromatic rings. The molecule has 0 atom stereocenters. The molecule has 5 nitrogen and oxygen atoms in total. The number of anilines is 1. The van der Waals surface area contributed by atoms with Gasteiger partial charge in [0.2, 0.25) is 0 Å². The first kappa shape index (κ1) is 11.4. The molecule has 6 heteroatoms. The molecule has 0 unspecified atom stereocenters. The van der Waals surface area contributed by atoms with Gasteiger partial charge in [0.25, 0.3) is 5.91 Å². The first-order valence-corrected chi connectivity index (χ1v) is 5.63. The van der Waals surface area contributed by atoms with E-state index in [1.54, 1.807) is 12.3 Å². The van der Waals surface area contributed by atoms with Gasteiger partial charge in [-0.3, -0.25) is 4.79 Å². The summed E-state index contributed by atoms with van der Waals surface area (Å²) in [5, 5.41) is 1.29. The van der Waals surface area contributed by atoms with E-state index in [0.29, 0.717) is 10.7 Å². The molecule has 2 rings (SSSR count). The third-order valence-electron chi connectivity index (χ3n) is 1.98. The highest BCUT2D eigenvalue weighted by Gasteiger charge is 2.08. The second-order valence-corrected chi connectivity index (χ2v) is 4.23. The standard InChI is InChI=1S/C11H10N4OS/c12-7-4-5-8(10(13)16)15-11(7)17-9-3-1-2-6-14-9/h1-6H,12H2,(H2,13,16). The third-order valence-corrected chi connectivity index (χ3v) is 2.95. The minimum Gasteiger partial charge on any atom is -0.397 e. The molecular weight excluding hydrogens is 236 g/mol. The van der Waals surface area contributed by atoms with Crippen LogP contribution in [0.15, 0.2) is 46.6 Å². The predicted octanol–water partition coefficient (Wildman–Crippen LogP) is 1.31. The number of hydrogen-bond donors (Lipinski definition) is 2. The fourth-order valence-electron chi connectivity index (χ4n) is 1.18. The average molecular weight is 246 g/mol. The molecule has 0 aromatic carbocycles. The van der Waals surface area contributed by atoms with Crippen LogP contribution < -0.4 is 11.5 Å². The van der Waals surface area contributed by atoms with Gasteiger partial charge >= 0.3 is 0 Å². The van der Waals surface area contributed by atoms with Gasteiger partial charge < -0.3 is 11.5 Å². The Hall–Kier alpha value is -2.08. The van der Waals surface area contributed by atoms with Crippen LogP contribution >= 0.6 is 11.8 Å². The van der Waals surface area contributed by atoms with Crippen molar-refractivity contribution in [3.05, 3.63) is 42.2 Å². The highest BCUT2D eigenvalue weighted by Crippen LogP contribution is 2.28. The molecule has 0 aliphatic rings. The molecule has 2 heterocycles. The molecule has 2 aromatic heterocycles. The van der Waals surface area contributed by atoms with E-state index in [1.165, 1.54) is 17.8 Å². The quantitative estimate of drug-likeness (QED) is 0.851. The highest BCUT2D eigenvalue weighted by molar-refractivity contribution is 7.99. The number of primary amides is 1. The first-order chi connectivity index (χ1) is 8.16. The minimum absolute atomic E-state index is 0.192. The smallest absolute Gasteiger partial charge is 0.267 e. The van der Waals surface area contributed by atoms with Crippen molar-refractivity contribution < 1.29 is 4.79 Å². The first-order valence-electron chi connectivity index (χ1n) is 4.82. The predicted molar refractivity (Wildman–Crippen MR) is 65.5 cm³/mol. The summed E-state index contributed by atoms with van der Waals surface area (Å²) in [5.74, 6) is -0.576. The van der Waals surface area contributed by atoms with Gasteiger partial charge in [0.1, 0.15) is 15.7 Å². The molecule has 1 amide bonds. The molecule has 0 spiro atoms. The Morgan fingerprint density at radius 3 is 2.71 bits per heavy atom. The van der Waals surface area contributed by atoms with Crippen molar-refractivity contribution in [2.75, 3.05) is 5.73 Å². The van der Waals surface area contributed by atoms with E-state index >= 15 is 0 Å². The molecule has 0 bridgehead atoms. The number of hydrogen-bond acceptors (Lipinski definition) is 5. The average Bonchev–Trinajstić information content (AvgIpc) is 2.33. The molecule has 0 radical (unpaired) electrons. The topological polar surface area (TPSA) is 94.9 Å². The summed E-state index contributed by atoms with van der Waals surface area (Å²) >= 11 is 1.29. The summed E-state index contributed by atoms with van der Waals surface area (Å²) < 4.78 is 0. The normalized spacial score (nSPS) is 10.1. The summed E-state index contributed by atoms with van der Waals surface area (Å²) in [6, 6.07) is 8.63. The van der Waals surface area contributed by atoms with Crippen molar-refractivity contribution in [3.8, 4) is 0 Å². The van der Waals surface area contributed by atoms with Crippen LogP contribution in [-0.4, -0.2) is 15.9 Å². The van der Waals surface area contributed by atoms with Gasteiger partial charge in [-0.1, -0.05) is 6.07 Å². The van der Waals surface area contributed by atoms with E-state index in [-0.39, 0.29) is 5.69 Å². The fourth-order valence-corrected chi connectivity index (χ4v) is 1.96. The summed E-state index contributed by atoms with van der Waals surface area (Å²) in [6.45, 7) is 0. The molecule has 0 aliphatic carbocycles. The van der Waals surface area contributed by atoms with Gasteiger partial charge in [0.15, 0.2) is 0 Å². The Kier molecular flexibility index (Phi) is 3.24. The van der Waals surface area contributed by atoms with Crippen molar-refractivity contribution in [2.45, 2.75) is 10.1 Å². The van der Waals surface area contributed by atoms with Gasteiger partial charge in [-0.2, -0.15) is 0 Å². The van der Waals surface area contributed by atoms with Crippen molar-refractivity contribution >= 4 is 23.4 Å². The van der Waals surface area contributed by atoms with Crippen LogP contribution in [0.2, 0.25) is 0 Å². The summed E-state index contributed by atoms with van der Waals surface area (Å²) in [6.07, 6.45) is 1.68. The number of pyridine rings is 2. The zero-order valence-electron chi connectivity index (χ0n) is 8.83. The number of aromatic nitrogens is 2. The van der Waals surface area contributed by atoms with Crippen molar-refractivity contribution in [1.82, 2.24) is 9.97 Å². The molecule has 17 heavy (non-hydrogen) atoms. The van der Waals surface area contributed by atoms with Crippen LogP contribution in [0.3, 0.4) is 0 Å². The zero-order valence-corrected chi connectivity index (χ0v) is 9.65. The number of nitrogens with zero attached hydrogens (tertiary/aromatic N) is 2. The maximum Gasteiger partial charge on any atom is 0.267 e. The molecule has 0 fully saturated rings. The number of carbonyl (C=O) groups is 1. The summed E-state index contributed by atoms with van der Waals surface area (Å²) in [7, 11) is 0. The van der Waals surface area contributed by atoms with Crippen LogP contribution in [-0.2, 0) is 0 Å². The Balaban J connectivity index is 2.32. The zero-order chi connectivity index (χ0) is 12.3. The Labute approximate surface area is 102 Å². The maximum atomic E-state index is 11.0. The van der Waals surface area contributed by atoms with Crippen molar-refractivity contribution in [1.29, 1.82) is 0 Å². The van der Waals surface area contributed by atoms with Crippen molar-refractivity contribution in [2.24, 2.45) is 5.73 Å². The Morgan fingerprint density at radius 1 is 1.24 bits per heavy atom. The number of rotatable bonds is 3. The van der Waals surface area contributed by atoms with Crippen LogP contribution in [0, 0.1) is 0 Å². The van der Waals surface area contributed by atoms with Crippen LogP contribution in [0.4, 0.5) is 5.69 Å². The maximum absolute atomic E-state index is 11.0. The lowest BCUT2D eigenvalue weighted by Gasteiger charge is -2.04. The fraction of sp³-hybridized carbons (Fsp3) is 0. The Bertz CT molecular complexity index is 544. The summed E-state index contributed by atoms with van der Waals surface area (Å²) in [5.41, 5.74) is 11.6. The second kappa shape index (κ2) is 4.84. The van der Waals surface area contributed by atoms with Gasteiger partial charge in [-0.25, -0.2) is 9.97 Å². The summed E-state index contributed by atoms with van der Waals surface area (Å²) in [4.78, 5) is 19.2. The lowest BCUT2D eigenvalue weighted by Crippen LogP contribution is -2.13. The van der Waals surface area contributed by atoms with E-state index in [0.717, 1.165) is 5.03 Å². The van der Waals surface area contributed by atoms with Crippen molar-refractivity contribution in [3.63, 3.8) is 0 Å². The number of carbonyl (C=O) groups excluding carboxylic acids is 1. The highest BCUT2D eigenvalue weighted by atomic mass is 32.2. The molecule has 4 N–H and O–H groups in total. The van der Waals surface area contributed by atoms with Crippen LogP contribution in [0.5, 0.6) is 0 Å². The van der Waals surface area contributed by atoms with E-state index in [9.17, 15) is 4.79 Å². The lowest BCUT2D eigenvalue weighted by atomic mass is 10.3. The molecule has 0 saturated heterocycles. The minimum atomic E-state index is -0.576. The second-order valence-electron chi connectivity index (χ2n) is 3.23. The number of nitrogen functional groups attached to an aromatic ring is 1. The van der Waals surface area contributed by atoms with E-state index in [1.807, 2.05) is 18.2 Å². The van der Waals surface area contributed by atoms with Crippen LogP contribution in [0.25, 0.3) is 0 Å². The largest absolute Gasteiger partial charge is 0.397 e. The van der Waals surface area contributed by atoms with E-state index in [4.69, 9.17) is 11.5 Å². The third kappa shape index (κ3) is 2.73. The van der Waals surface area contributed by atoms with Crippen LogP contribution in [0.1, 0.15) is 10.5 Å². The lowest BCUT2D eigenvalue weighted by molar-refractivity contribution is 0.0995. The molecule has 0 aliphatic heterocycles. The molecule has 86 valence electrons. The number of nitrogens with two attached hydrogens (primary N) is 2. The van der Waals surface area contributed by atoms with Gasteiger partial charge in [0.05, 0.1) is 5.69 Å².